The highest BCUT2D eigenvalue weighted by molar-refractivity contribution is 6.17. The number of hydrogen-bond donors (Lipinski definition) is 0. The summed E-state index contributed by atoms with van der Waals surface area (Å²) < 4.78 is 5.84. The maximum Gasteiger partial charge on any atom is 0.128 e. The summed E-state index contributed by atoms with van der Waals surface area (Å²) in [5.41, 5.74) is 1.12. The van der Waals surface area contributed by atoms with Crippen LogP contribution in [0, 0.1) is 0 Å². The molecule has 2 rings (SSSR count). The molecule has 1 aromatic heterocycles. The van der Waals surface area contributed by atoms with Gasteiger partial charge in [0.1, 0.15) is 5.82 Å². The fourth-order valence-electron chi connectivity index (χ4n) is 2.28. The Hall–Kier alpha value is -0.800. The summed E-state index contributed by atoms with van der Waals surface area (Å²) >= 11 is 5.86. The van der Waals surface area contributed by atoms with E-state index in [4.69, 9.17) is 16.3 Å². The van der Waals surface area contributed by atoms with E-state index in [1.165, 1.54) is 6.42 Å². The molecule has 0 aliphatic carbocycles. The van der Waals surface area contributed by atoms with Crippen molar-refractivity contribution in [3.8, 4) is 0 Å². The maximum absolute atomic E-state index is 5.86. The second kappa shape index (κ2) is 6.95. The van der Waals surface area contributed by atoms with Crippen molar-refractivity contribution in [1.29, 1.82) is 0 Å². The molecule has 0 spiro atoms. The third-order valence-electron chi connectivity index (χ3n) is 3.22. The van der Waals surface area contributed by atoms with E-state index in [0.717, 1.165) is 43.9 Å². The highest BCUT2D eigenvalue weighted by atomic mass is 35.5. The monoisotopic (exact) mass is 268 g/mol. The van der Waals surface area contributed by atoms with E-state index in [2.05, 4.69) is 22.9 Å². The van der Waals surface area contributed by atoms with Crippen LogP contribution in [0.2, 0.25) is 0 Å². The molecule has 1 aliphatic rings. The first-order chi connectivity index (χ1) is 8.83. The Balaban J connectivity index is 1.98. The van der Waals surface area contributed by atoms with Crippen LogP contribution < -0.4 is 4.90 Å². The van der Waals surface area contributed by atoms with Gasteiger partial charge in [-0.2, -0.15) is 0 Å². The summed E-state index contributed by atoms with van der Waals surface area (Å²) in [6.45, 7) is 5.00. The van der Waals surface area contributed by atoms with E-state index in [9.17, 15) is 0 Å². The number of pyridine rings is 1. The van der Waals surface area contributed by atoms with Crippen molar-refractivity contribution >= 4 is 17.4 Å². The van der Waals surface area contributed by atoms with Crippen LogP contribution in [-0.2, 0) is 10.6 Å². The Bertz CT molecular complexity index is 373. The van der Waals surface area contributed by atoms with Crippen molar-refractivity contribution in [2.45, 2.75) is 38.2 Å². The Kier molecular flexibility index (Phi) is 5.26. The minimum atomic E-state index is 0.347. The highest BCUT2D eigenvalue weighted by Crippen LogP contribution is 2.20. The van der Waals surface area contributed by atoms with Gasteiger partial charge >= 0.3 is 0 Å². The summed E-state index contributed by atoms with van der Waals surface area (Å²) in [5.74, 6) is 1.57. The predicted molar refractivity (Wildman–Crippen MR) is 75.3 cm³/mol. The number of ether oxygens (including phenoxy) is 1. The van der Waals surface area contributed by atoms with E-state index in [1.54, 1.807) is 0 Å². The van der Waals surface area contributed by atoms with Crippen LogP contribution in [-0.4, -0.2) is 30.8 Å². The van der Waals surface area contributed by atoms with Crippen LogP contribution in [0.5, 0.6) is 0 Å². The smallest absolute Gasteiger partial charge is 0.128 e. The van der Waals surface area contributed by atoms with E-state index in [0.29, 0.717) is 12.0 Å². The number of nitrogens with zero attached hydrogens (tertiary/aromatic N) is 2. The first kappa shape index (κ1) is 13.6. The number of halogens is 1. The zero-order valence-electron chi connectivity index (χ0n) is 10.9. The molecule has 0 aromatic carbocycles. The van der Waals surface area contributed by atoms with Gasteiger partial charge in [-0.3, -0.25) is 0 Å². The lowest BCUT2D eigenvalue weighted by Crippen LogP contribution is -2.40. The summed E-state index contributed by atoms with van der Waals surface area (Å²) in [4.78, 5) is 6.74. The van der Waals surface area contributed by atoms with Crippen molar-refractivity contribution < 1.29 is 4.74 Å². The van der Waals surface area contributed by atoms with Crippen molar-refractivity contribution in [1.82, 2.24) is 4.98 Å². The molecule has 4 heteroatoms. The van der Waals surface area contributed by atoms with E-state index < -0.39 is 0 Å². The second-order valence-electron chi connectivity index (χ2n) is 4.74. The molecule has 0 saturated carbocycles. The van der Waals surface area contributed by atoms with Gasteiger partial charge in [0.05, 0.1) is 6.10 Å². The summed E-state index contributed by atoms with van der Waals surface area (Å²) in [7, 11) is 0. The molecular weight excluding hydrogens is 248 g/mol. The minimum Gasteiger partial charge on any atom is -0.376 e. The Morgan fingerprint density at radius 3 is 3.22 bits per heavy atom. The highest BCUT2D eigenvalue weighted by Gasteiger charge is 2.21. The molecule has 100 valence electrons. The van der Waals surface area contributed by atoms with Gasteiger partial charge in [-0.1, -0.05) is 6.92 Å². The molecule has 18 heavy (non-hydrogen) atoms. The molecule has 0 bridgehead atoms. The lowest BCUT2D eigenvalue weighted by atomic mass is 10.1. The van der Waals surface area contributed by atoms with Crippen molar-refractivity contribution in [2.24, 2.45) is 0 Å². The predicted octanol–water partition coefficient (Wildman–Crippen LogP) is 3.22. The molecule has 1 atom stereocenters. The molecule has 1 aliphatic heterocycles. The Morgan fingerprint density at radius 2 is 2.44 bits per heavy atom. The number of rotatable bonds is 5. The van der Waals surface area contributed by atoms with Gasteiger partial charge in [-0.05, 0) is 37.0 Å². The average molecular weight is 269 g/mol. The third kappa shape index (κ3) is 3.59. The van der Waals surface area contributed by atoms with Crippen LogP contribution in [0.3, 0.4) is 0 Å². The molecule has 1 fully saturated rings. The normalized spacial score (nSPS) is 20.1. The van der Waals surface area contributed by atoms with Gasteiger partial charge in [-0.25, -0.2) is 4.98 Å². The summed E-state index contributed by atoms with van der Waals surface area (Å²) in [6.07, 6.45) is 5.59. The van der Waals surface area contributed by atoms with Crippen molar-refractivity contribution in [2.75, 3.05) is 24.6 Å². The van der Waals surface area contributed by atoms with Gasteiger partial charge in [-0.15, -0.1) is 11.6 Å². The number of anilines is 1. The van der Waals surface area contributed by atoms with Crippen LogP contribution in [0.15, 0.2) is 18.3 Å². The van der Waals surface area contributed by atoms with Crippen LogP contribution >= 0.6 is 11.6 Å². The zero-order valence-corrected chi connectivity index (χ0v) is 11.7. The van der Waals surface area contributed by atoms with E-state index in [-0.39, 0.29) is 0 Å². The van der Waals surface area contributed by atoms with Crippen molar-refractivity contribution in [3.63, 3.8) is 0 Å². The second-order valence-corrected chi connectivity index (χ2v) is 5.00. The largest absolute Gasteiger partial charge is 0.376 e. The molecule has 0 radical (unpaired) electrons. The third-order valence-corrected chi connectivity index (χ3v) is 3.53. The van der Waals surface area contributed by atoms with E-state index in [1.807, 2.05) is 12.3 Å². The van der Waals surface area contributed by atoms with Crippen molar-refractivity contribution in [3.05, 3.63) is 23.9 Å². The summed E-state index contributed by atoms with van der Waals surface area (Å²) in [5, 5.41) is 0. The average Bonchev–Trinajstić information content (AvgIpc) is 2.45. The zero-order chi connectivity index (χ0) is 12.8. The van der Waals surface area contributed by atoms with Crippen LogP contribution in [0.25, 0.3) is 0 Å². The minimum absolute atomic E-state index is 0.347. The standard InChI is InChI=1S/C14H21ClN2O/c1-2-8-18-13-4-3-7-17(11-13)14-9-12(10-15)5-6-16-14/h5-6,9,13H,2-4,7-8,10-11H2,1H3. The van der Waals surface area contributed by atoms with Crippen LogP contribution in [0.4, 0.5) is 5.82 Å². The van der Waals surface area contributed by atoms with Gasteiger partial charge in [0.15, 0.2) is 0 Å². The first-order valence-electron chi connectivity index (χ1n) is 6.71. The van der Waals surface area contributed by atoms with Crippen LogP contribution in [0.1, 0.15) is 31.7 Å². The molecule has 1 saturated heterocycles. The molecule has 3 nitrogen and oxygen atoms in total. The first-order valence-corrected chi connectivity index (χ1v) is 7.24. The molecule has 1 aromatic rings. The summed E-state index contributed by atoms with van der Waals surface area (Å²) in [6, 6.07) is 4.04. The van der Waals surface area contributed by atoms with E-state index >= 15 is 0 Å². The molecule has 0 N–H and O–H groups in total. The molecule has 2 heterocycles. The number of hydrogen-bond acceptors (Lipinski definition) is 3. The molecule has 0 amide bonds. The molecule has 1 unspecified atom stereocenters. The Labute approximate surface area is 114 Å². The lowest BCUT2D eigenvalue weighted by Gasteiger charge is -2.33. The fraction of sp³-hybridized carbons (Fsp3) is 0.643. The van der Waals surface area contributed by atoms with Gasteiger partial charge < -0.3 is 9.64 Å². The Morgan fingerprint density at radius 1 is 1.56 bits per heavy atom. The quantitative estimate of drug-likeness (QED) is 0.767. The maximum atomic E-state index is 5.86. The van der Waals surface area contributed by atoms with Gasteiger partial charge in [0.2, 0.25) is 0 Å². The fourth-order valence-corrected chi connectivity index (χ4v) is 2.45. The number of aromatic nitrogens is 1. The number of piperidine rings is 1. The topological polar surface area (TPSA) is 25.4 Å². The SMILES string of the molecule is CCCOC1CCCN(c2cc(CCl)ccn2)C1. The number of alkyl halides is 1. The van der Waals surface area contributed by atoms with Gasteiger partial charge in [0, 0.05) is 31.8 Å². The molecular formula is C14H21ClN2O. The lowest BCUT2D eigenvalue weighted by molar-refractivity contribution is 0.0439. The van der Waals surface area contributed by atoms with Gasteiger partial charge in [0.25, 0.3) is 0 Å².